The molecule has 2 heterocycles. The van der Waals surface area contributed by atoms with E-state index in [9.17, 15) is 4.79 Å². The van der Waals surface area contributed by atoms with Gasteiger partial charge in [0.1, 0.15) is 4.70 Å². The van der Waals surface area contributed by atoms with Gasteiger partial charge in [-0.1, -0.05) is 36.4 Å². The summed E-state index contributed by atoms with van der Waals surface area (Å²) in [5.41, 5.74) is 3.02. The summed E-state index contributed by atoms with van der Waals surface area (Å²) in [4.78, 5) is 18.8. The Balaban J connectivity index is 2.06. The third-order valence-electron chi connectivity index (χ3n) is 3.36. The van der Waals surface area contributed by atoms with Crippen molar-refractivity contribution in [3.05, 3.63) is 65.2 Å². The highest BCUT2D eigenvalue weighted by molar-refractivity contribution is 7.25. The van der Waals surface area contributed by atoms with Gasteiger partial charge in [-0.05, 0) is 23.3 Å². The van der Waals surface area contributed by atoms with Crippen molar-refractivity contribution in [1.29, 1.82) is 0 Å². The van der Waals surface area contributed by atoms with Crippen LogP contribution in [0.3, 0.4) is 0 Å². The van der Waals surface area contributed by atoms with Crippen LogP contribution >= 0.6 is 11.3 Å². The minimum absolute atomic E-state index is 0.0718. The van der Waals surface area contributed by atoms with E-state index in [4.69, 9.17) is 0 Å². The van der Waals surface area contributed by atoms with Crippen molar-refractivity contribution < 1.29 is 0 Å². The number of benzene rings is 2. The molecular formula is C16H10N2OS. The van der Waals surface area contributed by atoms with Crippen LogP contribution in [-0.2, 0) is 0 Å². The van der Waals surface area contributed by atoms with Crippen molar-refractivity contribution >= 4 is 31.6 Å². The van der Waals surface area contributed by atoms with Crippen LogP contribution < -0.4 is 5.56 Å². The zero-order valence-electron chi connectivity index (χ0n) is 10.5. The molecule has 0 spiro atoms. The molecule has 2 aromatic heterocycles. The quantitative estimate of drug-likeness (QED) is 0.575. The van der Waals surface area contributed by atoms with Crippen LogP contribution in [0.4, 0.5) is 0 Å². The number of aromatic amines is 1. The van der Waals surface area contributed by atoms with E-state index in [0.717, 1.165) is 21.2 Å². The van der Waals surface area contributed by atoms with Gasteiger partial charge in [0, 0.05) is 10.1 Å². The maximum Gasteiger partial charge on any atom is 0.268 e. The summed E-state index contributed by atoms with van der Waals surface area (Å²) in [5.74, 6) is 0. The minimum Gasteiger partial charge on any atom is -0.312 e. The average Bonchev–Trinajstić information content (AvgIpc) is 2.88. The first-order chi connectivity index (χ1) is 9.83. The van der Waals surface area contributed by atoms with E-state index in [2.05, 4.69) is 40.3 Å². The fraction of sp³-hybridized carbons (Fsp3) is 0. The lowest BCUT2D eigenvalue weighted by molar-refractivity contribution is 1.18. The molecule has 0 saturated heterocycles. The Hall–Kier alpha value is -2.46. The highest BCUT2D eigenvalue weighted by Crippen LogP contribution is 2.33. The van der Waals surface area contributed by atoms with Crippen LogP contribution in [0.15, 0.2) is 59.7 Å². The molecule has 4 rings (SSSR count). The molecule has 0 bridgehead atoms. The predicted molar refractivity (Wildman–Crippen MR) is 83.2 cm³/mol. The van der Waals surface area contributed by atoms with Gasteiger partial charge < -0.3 is 4.98 Å². The van der Waals surface area contributed by atoms with Gasteiger partial charge in [0.2, 0.25) is 0 Å². The molecule has 4 aromatic rings. The molecule has 2 aromatic carbocycles. The molecule has 0 fully saturated rings. The van der Waals surface area contributed by atoms with E-state index in [1.54, 1.807) is 0 Å². The van der Waals surface area contributed by atoms with Crippen molar-refractivity contribution in [3.8, 4) is 11.1 Å². The highest BCUT2D eigenvalue weighted by Gasteiger charge is 2.10. The van der Waals surface area contributed by atoms with Crippen molar-refractivity contribution in [2.24, 2.45) is 0 Å². The second-order valence-corrected chi connectivity index (χ2v) is 5.64. The molecule has 0 radical (unpaired) electrons. The van der Waals surface area contributed by atoms with Crippen LogP contribution in [0.1, 0.15) is 0 Å². The average molecular weight is 278 g/mol. The molecule has 0 aliphatic carbocycles. The standard InChI is InChI=1S/C16H10N2OS/c19-16-15-14(17-9-18-16)12-8-11(6-7-13(12)20-15)10-4-2-1-3-5-10/h1-9H,(H,17,18,19). The number of nitrogens with one attached hydrogen (secondary N) is 1. The van der Waals surface area contributed by atoms with E-state index in [1.165, 1.54) is 23.2 Å². The van der Waals surface area contributed by atoms with E-state index in [0.29, 0.717) is 4.70 Å². The lowest BCUT2D eigenvalue weighted by atomic mass is 10.0. The van der Waals surface area contributed by atoms with E-state index in [-0.39, 0.29) is 5.56 Å². The van der Waals surface area contributed by atoms with Gasteiger partial charge in [-0.2, -0.15) is 0 Å². The first-order valence-corrected chi connectivity index (χ1v) is 7.10. The second kappa shape index (κ2) is 4.28. The van der Waals surface area contributed by atoms with E-state index < -0.39 is 0 Å². The van der Waals surface area contributed by atoms with Crippen LogP contribution in [0.2, 0.25) is 0 Å². The predicted octanol–water partition coefficient (Wildman–Crippen LogP) is 3.80. The van der Waals surface area contributed by atoms with Gasteiger partial charge in [0.05, 0.1) is 11.8 Å². The number of fused-ring (bicyclic) bond motifs is 3. The Morgan fingerprint density at radius 1 is 1.00 bits per heavy atom. The summed E-state index contributed by atoms with van der Waals surface area (Å²) in [6, 6.07) is 16.5. The zero-order valence-corrected chi connectivity index (χ0v) is 11.3. The molecule has 4 heteroatoms. The first-order valence-electron chi connectivity index (χ1n) is 6.28. The van der Waals surface area contributed by atoms with Crippen molar-refractivity contribution in [1.82, 2.24) is 9.97 Å². The number of aromatic nitrogens is 2. The number of H-pyrrole nitrogens is 1. The SMILES string of the molecule is O=c1[nH]cnc2c1sc1ccc(-c3ccccc3)cc12. The fourth-order valence-electron chi connectivity index (χ4n) is 2.40. The maximum atomic E-state index is 11.8. The smallest absolute Gasteiger partial charge is 0.268 e. The Morgan fingerprint density at radius 3 is 2.70 bits per heavy atom. The van der Waals surface area contributed by atoms with E-state index in [1.807, 2.05) is 18.2 Å². The van der Waals surface area contributed by atoms with E-state index >= 15 is 0 Å². The summed E-state index contributed by atoms with van der Waals surface area (Å²) in [7, 11) is 0. The molecule has 0 aliphatic heterocycles. The minimum atomic E-state index is -0.0718. The van der Waals surface area contributed by atoms with Crippen LogP contribution in [0, 0.1) is 0 Å². The number of hydrogen-bond acceptors (Lipinski definition) is 3. The lowest BCUT2D eigenvalue weighted by Gasteiger charge is -2.01. The molecule has 0 atom stereocenters. The molecule has 0 saturated carbocycles. The lowest BCUT2D eigenvalue weighted by Crippen LogP contribution is -2.03. The fourth-order valence-corrected chi connectivity index (χ4v) is 3.43. The third-order valence-corrected chi connectivity index (χ3v) is 4.52. The molecular weight excluding hydrogens is 268 g/mol. The number of rotatable bonds is 1. The molecule has 96 valence electrons. The van der Waals surface area contributed by atoms with Gasteiger partial charge in [0.25, 0.3) is 5.56 Å². The topological polar surface area (TPSA) is 45.8 Å². The van der Waals surface area contributed by atoms with Gasteiger partial charge in [-0.25, -0.2) is 4.98 Å². The Bertz CT molecular complexity index is 970. The molecule has 20 heavy (non-hydrogen) atoms. The normalized spacial score (nSPS) is 11.2. The second-order valence-electron chi connectivity index (χ2n) is 4.59. The van der Waals surface area contributed by atoms with Gasteiger partial charge >= 0.3 is 0 Å². The first kappa shape index (κ1) is 11.4. The van der Waals surface area contributed by atoms with Crippen molar-refractivity contribution in [3.63, 3.8) is 0 Å². The highest BCUT2D eigenvalue weighted by atomic mass is 32.1. The van der Waals surface area contributed by atoms with Gasteiger partial charge in [0.15, 0.2) is 0 Å². The molecule has 0 amide bonds. The van der Waals surface area contributed by atoms with Crippen molar-refractivity contribution in [2.45, 2.75) is 0 Å². The number of nitrogens with zero attached hydrogens (tertiary/aromatic N) is 1. The Morgan fingerprint density at radius 2 is 1.85 bits per heavy atom. The molecule has 0 aliphatic rings. The number of hydrogen-bond donors (Lipinski definition) is 1. The third kappa shape index (κ3) is 1.66. The largest absolute Gasteiger partial charge is 0.312 e. The summed E-state index contributed by atoms with van der Waals surface area (Å²) >= 11 is 1.49. The zero-order chi connectivity index (χ0) is 13.5. The summed E-state index contributed by atoms with van der Waals surface area (Å²) in [6.07, 6.45) is 1.46. The Kier molecular flexibility index (Phi) is 2.44. The molecule has 3 nitrogen and oxygen atoms in total. The van der Waals surface area contributed by atoms with Gasteiger partial charge in [-0.3, -0.25) is 4.79 Å². The van der Waals surface area contributed by atoms with Crippen LogP contribution in [0.5, 0.6) is 0 Å². The van der Waals surface area contributed by atoms with Crippen LogP contribution in [0.25, 0.3) is 31.4 Å². The van der Waals surface area contributed by atoms with Crippen molar-refractivity contribution in [2.75, 3.05) is 0 Å². The van der Waals surface area contributed by atoms with Crippen LogP contribution in [-0.4, -0.2) is 9.97 Å². The number of thiophene rings is 1. The maximum absolute atomic E-state index is 11.8. The van der Waals surface area contributed by atoms with Gasteiger partial charge in [-0.15, -0.1) is 11.3 Å². The monoisotopic (exact) mass is 278 g/mol. The molecule has 0 unspecified atom stereocenters. The molecule has 1 N–H and O–H groups in total. The summed E-state index contributed by atoms with van der Waals surface area (Å²) in [5, 5.41) is 1.04. The summed E-state index contributed by atoms with van der Waals surface area (Å²) in [6.45, 7) is 0. The summed E-state index contributed by atoms with van der Waals surface area (Å²) < 4.78 is 1.77. The Labute approximate surface area is 118 Å².